The number of unbranched alkanes of at least 4 members (excludes halogenated alkanes) is 1. The van der Waals surface area contributed by atoms with Crippen LogP contribution in [0.5, 0.6) is 0 Å². The van der Waals surface area contributed by atoms with E-state index >= 15 is 0 Å². The van der Waals surface area contributed by atoms with Crippen molar-refractivity contribution in [1.82, 2.24) is 9.47 Å². The average molecular weight is 312 g/mol. The molecule has 1 amide bonds. The van der Waals surface area contributed by atoms with Gasteiger partial charge < -0.3 is 9.47 Å². The van der Waals surface area contributed by atoms with Crippen LogP contribution in [-0.2, 0) is 11.3 Å². The molecule has 1 aliphatic heterocycles. The number of carbonyl (C=O) groups is 1. The van der Waals surface area contributed by atoms with Crippen molar-refractivity contribution in [2.75, 3.05) is 13.1 Å². The van der Waals surface area contributed by atoms with E-state index in [-0.39, 0.29) is 0 Å². The molecule has 1 fully saturated rings. The number of aryl methyl sites for hydroxylation is 1. The summed E-state index contributed by atoms with van der Waals surface area (Å²) in [4.78, 5) is 14.2. The Hall–Kier alpha value is -1.77. The molecule has 3 nitrogen and oxygen atoms in total. The zero-order chi connectivity index (χ0) is 16.2. The first kappa shape index (κ1) is 16.1. The molecule has 0 spiro atoms. The van der Waals surface area contributed by atoms with Crippen molar-refractivity contribution in [3.63, 3.8) is 0 Å². The van der Waals surface area contributed by atoms with E-state index in [2.05, 4.69) is 53.8 Å². The summed E-state index contributed by atoms with van der Waals surface area (Å²) >= 11 is 0. The van der Waals surface area contributed by atoms with Gasteiger partial charge in [-0.25, -0.2) is 0 Å². The molecule has 0 aliphatic carbocycles. The number of aromatic nitrogens is 1. The molecule has 1 aromatic carbocycles. The maximum atomic E-state index is 12.2. The zero-order valence-electron chi connectivity index (χ0n) is 14.4. The van der Waals surface area contributed by atoms with Gasteiger partial charge in [0.1, 0.15) is 0 Å². The number of hydrogen-bond acceptors (Lipinski definition) is 1. The van der Waals surface area contributed by atoms with Gasteiger partial charge in [0, 0.05) is 49.1 Å². The lowest BCUT2D eigenvalue weighted by atomic mass is 9.98. The number of fused-ring (bicyclic) bond motifs is 1. The summed E-state index contributed by atoms with van der Waals surface area (Å²) < 4.78 is 2.41. The largest absolute Gasteiger partial charge is 0.347 e. The Kier molecular flexibility index (Phi) is 5.04. The fourth-order valence-corrected chi connectivity index (χ4v) is 3.73. The molecule has 23 heavy (non-hydrogen) atoms. The predicted molar refractivity (Wildman–Crippen MR) is 95.7 cm³/mol. The van der Waals surface area contributed by atoms with Crippen LogP contribution in [0.1, 0.15) is 57.4 Å². The molecular formula is C20H28N2O. The number of carbonyl (C=O) groups excluding carboxylic acids is 1. The number of likely N-dealkylation sites (tertiary alicyclic amines) is 1. The summed E-state index contributed by atoms with van der Waals surface area (Å²) in [6.45, 7) is 7.20. The minimum atomic E-state index is 0.324. The Morgan fingerprint density at radius 1 is 1.22 bits per heavy atom. The van der Waals surface area contributed by atoms with Crippen LogP contribution in [0.2, 0.25) is 0 Å². The van der Waals surface area contributed by atoms with Crippen LogP contribution in [0.3, 0.4) is 0 Å². The Morgan fingerprint density at radius 2 is 2.04 bits per heavy atom. The van der Waals surface area contributed by atoms with Crippen LogP contribution in [0.4, 0.5) is 0 Å². The molecule has 3 rings (SSSR count). The maximum absolute atomic E-state index is 12.2. The van der Waals surface area contributed by atoms with Gasteiger partial charge in [-0.1, -0.05) is 38.5 Å². The van der Waals surface area contributed by atoms with E-state index in [4.69, 9.17) is 0 Å². The summed E-state index contributed by atoms with van der Waals surface area (Å²) in [5, 5.41) is 1.37. The molecule has 3 heteroatoms. The van der Waals surface area contributed by atoms with Crippen molar-refractivity contribution in [2.24, 2.45) is 0 Å². The van der Waals surface area contributed by atoms with Crippen LogP contribution >= 0.6 is 0 Å². The van der Waals surface area contributed by atoms with Crippen LogP contribution in [0.25, 0.3) is 10.9 Å². The number of para-hydroxylation sites is 1. The Labute approximate surface area is 139 Å². The number of rotatable bonds is 6. The number of hydrogen-bond donors (Lipinski definition) is 0. The van der Waals surface area contributed by atoms with Crippen LogP contribution in [-0.4, -0.2) is 28.5 Å². The van der Waals surface area contributed by atoms with Gasteiger partial charge in [-0.05, 0) is 30.9 Å². The SMILES string of the molecule is CCCCn1cc(C2CCN(C(=O)CCC)C2)c2ccccc21. The summed E-state index contributed by atoms with van der Waals surface area (Å²) in [6.07, 6.45) is 7.49. The molecule has 1 unspecified atom stereocenters. The second-order valence-electron chi connectivity index (χ2n) is 6.72. The summed E-state index contributed by atoms with van der Waals surface area (Å²) in [5.74, 6) is 0.813. The molecule has 1 aromatic heterocycles. The Balaban J connectivity index is 1.84. The van der Waals surface area contributed by atoms with Crippen molar-refractivity contribution in [1.29, 1.82) is 0 Å². The van der Waals surface area contributed by atoms with Gasteiger partial charge in [-0.3, -0.25) is 4.79 Å². The molecule has 124 valence electrons. The number of amides is 1. The lowest BCUT2D eigenvalue weighted by Crippen LogP contribution is -2.27. The first-order valence-corrected chi connectivity index (χ1v) is 9.10. The standard InChI is InChI=1S/C20H28N2O/c1-3-5-12-21-15-18(17-9-6-7-10-19(17)21)16-11-13-22(14-16)20(23)8-4-2/h6-7,9-10,15-16H,3-5,8,11-14H2,1-2H3. The molecule has 0 bridgehead atoms. The molecule has 1 saturated heterocycles. The third-order valence-electron chi connectivity index (χ3n) is 5.02. The molecule has 0 radical (unpaired) electrons. The highest BCUT2D eigenvalue weighted by atomic mass is 16.2. The molecule has 0 N–H and O–H groups in total. The third-order valence-corrected chi connectivity index (χ3v) is 5.02. The normalized spacial score (nSPS) is 18.0. The van der Waals surface area contributed by atoms with Gasteiger partial charge in [-0.15, -0.1) is 0 Å². The summed E-state index contributed by atoms with van der Waals surface area (Å²) in [6, 6.07) is 8.72. The second-order valence-corrected chi connectivity index (χ2v) is 6.72. The Morgan fingerprint density at radius 3 is 2.83 bits per heavy atom. The molecule has 2 heterocycles. The minimum absolute atomic E-state index is 0.324. The number of benzene rings is 1. The van der Waals surface area contributed by atoms with Gasteiger partial charge in [-0.2, -0.15) is 0 Å². The summed E-state index contributed by atoms with van der Waals surface area (Å²) in [5.41, 5.74) is 2.78. The van der Waals surface area contributed by atoms with E-state index < -0.39 is 0 Å². The van der Waals surface area contributed by atoms with Crippen LogP contribution in [0.15, 0.2) is 30.5 Å². The fourth-order valence-electron chi connectivity index (χ4n) is 3.73. The van der Waals surface area contributed by atoms with Crippen molar-refractivity contribution < 1.29 is 4.79 Å². The van der Waals surface area contributed by atoms with Crippen molar-refractivity contribution in [3.8, 4) is 0 Å². The first-order chi connectivity index (χ1) is 11.2. The zero-order valence-corrected chi connectivity index (χ0v) is 14.4. The van der Waals surface area contributed by atoms with Crippen molar-refractivity contribution in [2.45, 2.75) is 58.4 Å². The van der Waals surface area contributed by atoms with E-state index in [1.54, 1.807) is 0 Å². The lowest BCUT2D eigenvalue weighted by Gasteiger charge is -2.16. The molecule has 2 aromatic rings. The van der Waals surface area contributed by atoms with Crippen molar-refractivity contribution >= 4 is 16.8 Å². The fraction of sp³-hybridized carbons (Fsp3) is 0.550. The van der Waals surface area contributed by atoms with Gasteiger partial charge in [0.2, 0.25) is 5.91 Å². The quantitative estimate of drug-likeness (QED) is 0.767. The lowest BCUT2D eigenvalue weighted by molar-refractivity contribution is -0.130. The molecule has 0 saturated carbocycles. The van der Waals surface area contributed by atoms with Crippen LogP contribution in [0, 0.1) is 0 Å². The smallest absolute Gasteiger partial charge is 0.222 e. The van der Waals surface area contributed by atoms with E-state index in [1.165, 1.54) is 29.3 Å². The topological polar surface area (TPSA) is 25.2 Å². The first-order valence-electron chi connectivity index (χ1n) is 9.10. The number of nitrogens with zero attached hydrogens (tertiary/aromatic N) is 2. The highest BCUT2D eigenvalue weighted by Gasteiger charge is 2.28. The highest BCUT2D eigenvalue weighted by Crippen LogP contribution is 2.34. The van der Waals surface area contributed by atoms with E-state index in [9.17, 15) is 4.79 Å². The van der Waals surface area contributed by atoms with E-state index in [0.29, 0.717) is 18.2 Å². The van der Waals surface area contributed by atoms with Gasteiger partial charge in [0.15, 0.2) is 0 Å². The van der Waals surface area contributed by atoms with Crippen LogP contribution < -0.4 is 0 Å². The predicted octanol–water partition coefficient (Wildman–Crippen LogP) is 4.56. The Bertz CT molecular complexity index is 673. The van der Waals surface area contributed by atoms with Gasteiger partial charge in [0.05, 0.1) is 0 Å². The summed E-state index contributed by atoms with van der Waals surface area (Å²) in [7, 11) is 0. The van der Waals surface area contributed by atoms with Gasteiger partial charge >= 0.3 is 0 Å². The van der Waals surface area contributed by atoms with Gasteiger partial charge in [0.25, 0.3) is 0 Å². The molecule has 1 aliphatic rings. The average Bonchev–Trinajstić information content (AvgIpc) is 3.18. The highest BCUT2D eigenvalue weighted by molar-refractivity contribution is 5.85. The molecule has 1 atom stereocenters. The minimum Gasteiger partial charge on any atom is -0.347 e. The monoisotopic (exact) mass is 312 g/mol. The van der Waals surface area contributed by atoms with E-state index in [1.807, 2.05) is 0 Å². The maximum Gasteiger partial charge on any atom is 0.222 e. The molecular weight excluding hydrogens is 284 g/mol. The third kappa shape index (κ3) is 3.29. The van der Waals surface area contributed by atoms with E-state index in [0.717, 1.165) is 32.5 Å². The van der Waals surface area contributed by atoms with Crippen molar-refractivity contribution in [3.05, 3.63) is 36.0 Å². The second kappa shape index (κ2) is 7.20.